The maximum Gasteiger partial charge on any atom is 0.326 e. The lowest BCUT2D eigenvalue weighted by Gasteiger charge is -2.40. The van der Waals surface area contributed by atoms with Crippen molar-refractivity contribution in [3.05, 3.63) is 22.4 Å². The molecule has 5 nitrogen and oxygen atoms in total. The SMILES string of the molecule is CC(C)(C)C1CCC2(CC1)NC(=O)N(CN(Cc1cccs1)C1CC1)C2=O. The van der Waals surface area contributed by atoms with Gasteiger partial charge in [0.2, 0.25) is 0 Å². The van der Waals surface area contributed by atoms with Crippen molar-refractivity contribution < 1.29 is 9.59 Å². The zero-order valence-electron chi connectivity index (χ0n) is 16.7. The van der Waals surface area contributed by atoms with Crippen LogP contribution in [0.15, 0.2) is 17.5 Å². The molecule has 3 amide bonds. The third kappa shape index (κ3) is 3.79. The molecule has 1 aromatic heterocycles. The molecule has 1 spiro atoms. The van der Waals surface area contributed by atoms with Gasteiger partial charge >= 0.3 is 6.03 Å². The summed E-state index contributed by atoms with van der Waals surface area (Å²) in [5.74, 6) is 0.611. The minimum atomic E-state index is -0.656. The number of amides is 3. The van der Waals surface area contributed by atoms with E-state index in [0.29, 0.717) is 18.6 Å². The number of urea groups is 1. The highest BCUT2D eigenvalue weighted by atomic mass is 32.1. The first-order valence-corrected chi connectivity index (χ1v) is 11.1. The lowest BCUT2D eigenvalue weighted by molar-refractivity contribution is -0.134. The number of carbonyl (C=O) groups excluding carboxylic acids is 2. The van der Waals surface area contributed by atoms with Gasteiger partial charge in [-0.15, -0.1) is 11.3 Å². The summed E-state index contributed by atoms with van der Waals surface area (Å²) >= 11 is 1.73. The molecule has 148 valence electrons. The molecule has 1 aliphatic heterocycles. The van der Waals surface area contributed by atoms with E-state index in [-0.39, 0.29) is 17.4 Å². The minimum Gasteiger partial charge on any atom is -0.323 e. The summed E-state index contributed by atoms with van der Waals surface area (Å²) in [6.07, 6.45) is 5.87. The van der Waals surface area contributed by atoms with Gasteiger partial charge in [-0.3, -0.25) is 9.69 Å². The van der Waals surface area contributed by atoms with E-state index in [1.165, 1.54) is 9.78 Å². The van der Waals surface area contributed by atoms with Crippen LogP contribution in [0, 0.1) is 11.3 Å². The molecule has 3 aliphatic rings. The second-order valence-corrected chi connectivity index (χ2v) is 10.6. The number of nitrogens with one attached hydrogen (secondary N) is 1. The maximum absolute atomic E-state index is 13.2. The van der Waals surface area contributed by atoms with Gasteiger partial charge in [0.15, 0.2) is 0 Å². The van der Waals surface area contributed by atoms with Gasteiger partial charge in [-0.25, -0.2) is 9.69 Å². The van der Waals surface area contributed by atoms with Crippen LogP contribution in [0.1, 0.15) is 64.2 Å². The molecular weight excluding hydrogens is 358 g/mol. The largest absolute Gasteiger partial charge is 0.326 e. The normalized spacial score (nSPS) is 29.0. The first-order chi connectivity index (χ1) is 12.8. The minimum absolute atomic E-state index is 0.00307. The highest BCUT2D eigenvalue weighted by molar-refractivity contribution is 7.09. The van der Waals surface area contributed by atoms with Crippen molar-refractivity contribution in [1.29, 1.82) is 0 Å². The predicted molar refractivity (Wildman–Crippen MR) is 107 cm³/mol. The molecule has 0 unspecified atom stereocenters. The molecule has 0 aromatic carbocycles. The van der Waals surface area contributed by atoms with E-state index in [1.54, 1.807) is 11.3 Å². The molecule has 0 radical (unpaired) electrons. The van der Waals surface area contributed by atoms with Crippen molar-refractivity contribution in [3.8, 4) is 0 Å². The monoisotopic (exact) mass is 389 g/mol. The van der Waals surface area contributed by atoms with E-state index < -0.39 is 5.54 Å². The van der Waals surface area contributed by atoms with Crippen molar-refractivity contribution in [2.24, 2.45) is 11.3 Å². The fourth-order valence-electron chi connectivity index (χ4n) is 4.64. The summed E-state index contributed by atoms with van der Waals surface area (Å²) in [5.41, 5.74) is -0.395. The Kier molecular flexibility index (Phi) is 4.83. The Morgan fingerprint density at radius 1 is 1.22 bits per heavy atom. The summed E-state index contributed by atoms with van der Waals surface area (Å²) in [7, 11) is 0. The Balaban J connectivity index is 1.43. The van der Waals surface area contributed by atoms with Gasteiger partial charge in [-0.2, -0.15) is 0 Å². The van der Waals surface area contributed by atoms with E-state index in [0.717, 1.165) is 45.1 Å². The van der Waals surface area contributed by atoms with Crippen LogP contribution in [0.4, 0.5) is 4.79 Å². The Morgan fingerprint density at radius 2 is 1.93 bits per heavy atom. The molecule has 2 aliphatic carbocycles. The Bertz CT molecular complexity index is 698. The summed E-state index contributed by atoms with van der Waals surface area (Å²) in [6, 6.07) is 4.48. The lowest BCUT2D eigenvalue weighted by Crippen LogP contribution is -2.51. The van der Waals surface area contributed by atoms with Crippen LogP contribution in [0.5, 0.6) is 0 Å². The Morgan fingerprint density at radius 3 is 2.48 bits per heavy atom. The van der Waals surface area contributed by atoms with Crippen LogP contribution < -0.4 is 5.32 Å². The van der Waals surface area contributed by atoms with Crippen LogP contribution in [0.25, 0.3) is 0 Å². The molecular formula is C21H31N3O2S. The van der Waals surface area contributed by atoms with Gasteiger partial charge in [0.05, 0.1) is 6.67 Å². The van der Waals surface area contributed by atoms with Crippen molar-refractivity contribution in [2.75, 3.05) is 6.67 Å². The summed E-state index contributed by atoms with van der Waals surface area (Å²) in [4.78, 5) is 31.0. The summed E-state index contributed by atoms with van der Waals surface area (Å²) < 4.78 is 0. The van der Waals surface area contributed by atoms with Crippen molar-refractivity contribution in [2.45, 2.75) is 77.4 Å². The third-order valence-electron chi connectivity index (χ3n) is 6.64. The van der Waals surface area contributed by atoms with Gasteiger partial charge in [-0.1, -0.05) is 26.8 Å². The highest BCUT2D eigenvalue weighted by Gasteiger charge is 2.53. The average molecular weight is 390 g/mol. The third-order valence-corrected chi connectivity index (χ3v) is 7.50. The quantitative estimate of drug-likeness (QED) is 0.768. The van der Waals surface area contributed by atoms with Crippen LogP contribution in [0.2, 0.25) is 0 Å². The van der Waals surface area contributed by atoms with Gasteiger partial charge < -0.3 is 5.32 Å². The molecule has 6 heteroatoms. The highest BCUT2D eigenvalue weighted by Crippen LogP contribution is 2.43. The Hall–Kier alpha value is -1.40. The van der Waals surface area contributed by atoms with E-state index in [4.69, 9.17) is 0 Å². The number of rotatable bonds is 5. The van der Waals surface area contributed by atoms with Crippen molar-refractivity contribution >= 4 is 23.3 Å². The predicted octanol–water partition coefficient (Wildman–Crippen LogP) is 4.20. The van der Waals surface area contributed by atoms with E-state index in [9.17, 15) is 9.59 Å². The van der Waals surface area contributed by atoms with E-state index in [2.05, 4.69) is 48.5 Å². The summed E-state index contributed by atoms with van der Waals surface area (Å²) in [5, 5.41) is 5.16. The second-order valence-electron chi connectivity index (χ2n) is 9.58. The summed E-state index contributed by atoms with van der Waals surface area (Å²) in [6.45, 7) is 8.05. The molecule has 2 heterocycles. The maximum atomic E-state index is 13.2. The molecule has 3 fully saturated rings. The van der Waals surface area contributed by atoms with Crippen molar-refractivity contribution in [3.63, 3.8) is 0 Å². The lowest BCUT2D eigenvalue weighted by atomic mass is 9.67. The van der Waals surface area contributed by atoms with E-state index in [1.807, 2.05) is 0 Å². The molecule has 0 bridgehead atoms. The standard InChI is InChI=1S/C21H31N3O2S/c1-20(2,3)15-8-10-21(11-9-15)18(25)24(19(26)22-21)14-23(16-6-7-16)13-17-5-4-12-27-17/h4-5,12,15-16H,6-11,13-14H2,1-3H3,(H,22,26). The van der Waals surface area contributed by atoms with Crippen molar-refractivity contribution in [1.82, 2.24) is 15.1 Å². The topological polar surface area (TPSA) is 52.7 Å². The molecule has 27 heavy (non-hydrogen) atoms. The number of thiophene rings is 1. The first-order valence-electron chi connectivity index (χ1n) is 10.2. The van der Waals surface area contributed by atoms with Gasteiger partial charge in [-0.05, 0) is 61.3 Å². The average Bonchev–Trinajstić information content (AvgIpc) is 3.29. The van der Waals surface area contributed by atoms with Gasteiger partial charge in [0.1, 0.15) is 5.54 Å². The van der Waals surface area contributed by atoms with Gasteiger partial charge in [0.25, 0.3) is 5.91 Å². The van der Waals surface area contributed by atoms with Crippen LogP contribution in [-0.4, -0.2) is 40.0 Å². The molecule has 1 aromatic rings. The van der Waals surface area contributed by atoms with Crippen LogP contribution in [-0.2, 0) is 11.3 Å². The fraction of sp³-hybridized carbons (Fsp3) is 0.714. The number of imide groups is 1. The van der Waals surface area contributed by atoms with Crippen LogP contribution in [0.3, 0.4) is 0 Å². The van der Waals surface area contributed by atoms with Gasteiger partial charge in [0, 0.05) is 17.5 Å². The van der Waals surface area contributed by atoms with Crippen LogP contribution >= 0.6 is 11.3 Å². The zero-order valence-corrected chi connectivity index (χ0v) is 17.5. The first kappa shape index (κ1) is 18.9. The molecule has 0 atom stereocenters. The fourth-order valence-corrected chi connectivity index (χ4v) is 5.37. The molecule has 1 N–H and O–H groups in total. The number of hydrogen-bond acceptors (Lipinski definition) is 4. The molecule has 4 rings (SSSR count). The number of hydrogen-bond donors (Lipinski definition) is 1. The number of nitrogens with zero attached hydrogens (tertiary/aromatic N) is 2. The zero-order chi connectivity index (χ0) is 19.2. The smallest absolute Gasteiger partial charge is 0.323 e. The Labute approximate surface area is 166 Å². The second kappa shape index (κ2) is 6.89. The molecule has 2 saturated carbocycles. The molecule has 1 saturated heterocycles. The number of carbonyl (C=O) groups is 2. The van der Waals surface area contributed by atoms with E-state index >= 15 is 0 Å².